The molecule has 0 saturated carbocycles. The van der Waals surface area contributed by atoms with Crippen LogP contribution in [0.5, 0.6) is 0 Å². The lowest BCUT2D eigenvalue weighted by atomic mass is 10.1. The maximum absolute atomic E-state index is 13.1. The van der Waals surface area contributed by atoms with E-state index in [-0.39, 0.29) is 11.8 Å². The third-order valence-electron chi connectivity index (χ3n) is 4.90. The SMILES string of the molecule is Cc1nn(-c2ccccc2)c(C)c1NC(=O)c1ccccc1NC(=O)/C=C/c1cccs1. The van der Waals surface area contributed by atoms with Crippen molar-refractivity contribution in [1.29, 1.82) is 0 Å². The number of carbonyl (C=O) groups is 2. The molecule has 160 valence electrons. The molecule has 0 aliphatic carbocycles. The average molecular weight is 443 g/mol. The number of carbonyl (C=O) groups excluding carboxylic acids is 2. The summed E-state index contributed by atoms with van der Waals surface area (Å²) in [6, 6.07) is 20.5. The number of nitrogens with zero attached hydrogens (tertiary/aromatic N) is 2. The van der Waals surface area contributed by atoms with Crippen molar-refractivity contribution in [2.24, 2.45) is 0 Å². The fraction of sp³-hybridized carbons (Fsp3) is 0.0800. The molecule has 0 saturated heterocycles. The summed E-state index contributed by atoms with van der Waals surface area (Å²) in [6.07, 6.45) is 3.20. The molecule has 6 nitrogen and oxygen atoms in total. The van der Waals surface area contributed by atoms with Crippen molar-refractivity contribution in [3.8, 4) is 5.69 Å². The van der Waals surface area contributed by atoms with Crippen LogP contribution in [0.1, 0.15) is 26.6 Å². The maximum atomic E-state index is 13.1. The van der Waals surface area contributed by atoms with E-state index in [2.05, 4.69) is 15.7 Å². The number of nitrogens with one attached hydrogen (secondary N) is 2. The van der Waals surface area contributed by atoms with E-state index in [1.807, 2.05) is 61.7 Å². The van der Waals surface area contributed by atoms with Gasteiger partial charge in [-0.1, -0.05) is 36.4 Å². The standard InChI is InChI=1S/C25H22N4O2S/c1-17-24(18(2)29(28-17)19-9-4-3-5-10-19)27-25(31)21-12-6-7-13-22(21)26-23(30)15-14-20-11-8-16-32-20/h3-16H,1-2H3,(H,26,30)(H,27,31)/b15-14+. The first kappa shape index (κ1) is 21.3. The monoisotopic (exact) mass is 442 g/mol. The summed E-state index contributed by atoms with van der Waals surface area (Å²) in [7, 11) is 0. The van der Waals surface area contributed by atoms with Crippen LogP contribution in [-0.2, 0) is 4.79 Å². The minimum atomic E-state index is -0.318. The number of aryl methyl sites for hydroxylation is 1. The smallest absolute Gasteiger partial charge is 0.257 e. The van der Waals surface area contributed by atoms with Crippen LogP contribution in [0, 0.1) is 13.8 Å². The van der Waals surface area contributed by atoms with Gasteiger partial charge in [-0.05, 0) is 55.6 Å². The van der Waals surface area contributed by atoms with E-state index >= 15 is 0 Å². The second-order valence-electron chi connectivity index (χ2n) is 7.13. The highest BCUT2D eigenvalue weighted by atomic mass is 32.1. The first-order chi connectivity index (χ1) is 15.5. The summed E-state index contributed by atoms with van der Waals surface area (Å²) < 4.78 is 1.80. The molecule has 0 atom stereocenters. The molecule has 2 heterocycles. The van der Waals surface area contributed by atoms with Gasteiger partial charge in [0.2, 0.25) is 5.91 Å². The lowest BCUT2D eigenvalue weighted by molar-refractivity contribution is -0.111. The van der Waals surface area contributed by atoms with Gasteiger partial charge in [-0.3, -0.25) is 9.59 Å². The number of anilines is 2. The zero-order valence-corrected chi connectivity index (χ0v) is 18.5. The van der Waals surface area contributed by atoms with E-state index in [1.165, 1.54) is 6.08 Å². The molecular formula is C25H22N4O2S. The third-order valence-corrected chi connectivity index (χ3v) is 5.74. The minimum Gasteiger partial charge on any atom is -0.322 e. The van der Waals surface area contributed by atoms with Crippen LogP contribution in [0.15, 0.2) is 78.2 Å². The van der Waals surface area contributed by atoms with Crippen molar-refractivity contribution < 1.29 is 9.59 Å². The van der Waals surface area contributed by atoms with Gasteiger partial charge in [0, 0.05) is 11.0 Å². The van der Waals surface area contributed by atoms with Crippen molar-refractivity contribution >= 4 is 40.6 Å². The number of rotatable bonds is 6. The molecule has 0 aliphatic heterocycles. The quantitative estimate of drug-likeness (QED) is 0.390. The first-order valence-corrected chi connectivity index (χ1v) is 11.0. The van der Waals surface area contributed by atoms with E-state index in [4.69, 9.17) is 0 Å². The Labute approximate surface area is 190 Å². The highest BCUT2D eigenvalue weighted by molar-refractivity contribution is 7.10. The molecule has 4 rings (SSSR count). The second-order valence-corrected chi connectivity index (χ2v) is 8.11. The summed E-state index contributed by atoms with van der Waals surface area (Å²) in [4.78, 5) is 26.4. The molecule has 7 heteroatoms. The highest BCUT2D eigenvalue weighted by Gasteiger charge is 2.18. The number of aromatic nitrogens is 2. The minimum absolute atomic E-state index is 0.303. The van der Waals surface area contributed by atoms with Crippen LogP contribution in [-0.4, -0.2) is 21.6 Å². The predicted molar refractivity (Wildman–Crippen MR) is 129 cm³/mol. The summed E-state index contributed by atoms with van der Waals surface area (Å²) in [5.74, 6) is -0.621. The van der Waals surface area contributed by atoms with Gasteiger partial charge < -0.3 is 10.6 Å². The molecule has 0 fully saturated rings. The van der Waals surface area contributed by atoms with Crippen LogP contribution >= 0.6 is 11.3 Å². The van der Waals surface area contributed by atoms with Gasteiger partial charge in [0.05, 0.1) is 34.0 Å². The predicted octanol–water partition coefficient (Wildman–Crippen LogP) is 5.45. The first-order valence-electron chi connectivity index (χ1n) is 10.1. The lowest BCUT2D eigenvalue weighted by Gasteiger charge is -2.11. The molecule has 0 radical (unpaired) electrons. The van der Waals surface area contributed by atoms with Crippen LogP contribution < -0.4 is 10.6 Å². The summed E-state index contributed by atoms with van der Waals surface area (Å²) >= 11 is 1.54. The number of thiophene rings is 1. The normalized spacial score (nSPS) is 10.9. The van der Waals surface area contributed by atoms with Crippen molar-refractivity contribution in [2.75, 3.05) is 10.6 Å². The van der Waals surface area contributed by atoms with Crippen LogP contribution in [0.3, 0.4) is 0 Å². The molecule has 32 heavy (non-hydrogen) atoms. The maximum Gasteiger partial charge on any atom is 0.257 e. The molecule has 2 amide bonds. The Morgan fingerprint density at radius 3 is 2.44 bits per heavy atom. The van der Waals surface area contributed by atoms with Gasteiger partial charge in [-0.25, -0.2) is 4.68 Å². The van der Waals surface area contributed by atoms with Gasteiger partial charge >= 0.3 is 0 Å². The Morgan fingerprint density at radius 2 is 1.69 bits per heavy atom. The molecule has 4 aromatic rings. The fourth-order valence-corrected chi connectivity index (χ4v) is 3.95. The zero-order valence-electron chi connectivity index (χ0n) is 17.7. The molecule has 2 aromatic carbocycles. The molecule has 2 aromatic heterocycles. The van der Waals surface area contributed by atoms with Crippen molar-refractivity contribution in [1.82, 2.24) is 9.78 Å². The molecular weight excluding hydrogens is 420 g/mol. The van der Waals surface area contributed by atoms with E-state index in [1.54, 1.807) is 46.4 Å². The van der Waals surface area contributed by atoms with E-state index < -0.39 is 0 Å². The average Bonchev–Trinajstić information content (AvgIpc) is 3.42. The van der Waals surface area contributed by atoms with Gasteiger partial charge in [0.25, 0.3) is 5.91 Å². The molecule has 0 unspecified atom stereocenters. The van der Waals surface area contributed by atoms with Crippen molar-refractivity contribution in [3.05, 3.63) is 100 Å². The summed E-state index contributed by atoms with van der Waals surface area (Å²) in [5, 5.41) is 12.3. The molecule has 2 N–H and O–H groups in total. The van der Waals surface area contributed by atoms with Gasteiger partial charge in [0.1, 0.15) is 0 Å². The number of hydrogen-bond acceptors (Lipinski definition) is 4. The van der Waals surface area contributed by atoms with Crippen LogP contribution in [0.4, 0.5) is 11.4 Å². The van der Waals surface area contributed by atoms with Crippen molar-refractivity contribution in [3.63, 3.8) is 0 Å². The Hall–Kier alpha value is -3.97. The van der Waals surface area contributed by atoms with Gasteiger partial charge in [0.15, 0.2) is 0 Å². The number of benzene rings is 2. The second kappa shape index (κ2) is 9.45. The summed E-state index contributed by atoms with van der Waals surface area (Å²) in [5.41, 5.74) is 3.91. The van der Waals surface area contributed by atoms with E-state index in [0.29, 0.717) is 22.6 Å². The number of hydrogen-bond donors (Lipinski definition) is 2. The third kappa shape index (κ3) is 4.68. The Bertz CT molecular complexity index is 1270. The molecule has 0 aliphatic rings. The summed E-state index contributed by atoms with van der Waals surface area (Å²) in [6.45, 7) is 3.76. The van der Waals surface area contributed by atoms with Gasteiger partial charge in [-0.2, -0.15) is 5.10 Å². The zero-order chi connectivity index (χ0) is 22.5. The highest BCUT2D eigenvalue weighted by Crippen LogP contribution is 2.25. The van der Waals surface area contributed by atoms with Gasteiger partial charge in [-0.15, -0.1) is 11.3 Å². The largest absolute Gasteiger partial charge is 0.322 e. The Balaban J connectivity index is 1.54. The van der Waals surface area contributed by atoms with E-state index in [0.717, 1.165) is 16.3 Å². The topological polar surface area (TPSA) is 76.0 Å². The number of para-hydroxylation sites is 2. The Kier molecular flexibility index (Phi) is 6.28. The Morgan fingerprint density at radius 1 is 0.938 bits per heavy atom. The molecule has 0 spiro atoms. The van der Waals surface area contributed by atoms with Crippen LogP contribution in [0.2, 0.25) is 0 Å². The lowest BCUT2D eigenvalue weighted by Crippen LogP contribution is -2.17. The van der Waals surface area contributed by atoms with E-state index in [9.17, 15) is 9.59 Å². The van der Waals surface area contributed by atoms with Crippen molar-refractivity contribution in [2.45, 2.75) is 13.8 Å². The van der Waals surface area contributed by atoms with Crippen LogP contribution in [0.25, 0.3) is 11.8 Å². The number of amides is 2. The molecule has 0 bridgehead atoms. The fourth-order valence-electron chi connectivity index (χ4n) is 3.33.